The molecule has 3 rings (SSSR count). The monoisotopic (exact) mass is 206 g/mol. The molecule has 1 aliphatic carbocycles. The van der Waals surface area contributed by atoms with Gasteiger partial charge in [0.2, 0.25) is 0 Å². The number of rotatable bonds is 1. The fourth-order valence-electron chi connectivity index (χ4n) is 1.97. The molecule has 0 bridgehead atoms. The fraction of sp³-hybridized carbons (Fsp3) is 0.333. The lowest BCUT2D eigenvalue weighted by Crippen LogP contribution is -1.97. The van der Waals surface area contributed by atoms with Gasteiger partial charge in [-0.25, -0.2) is 4.39 Å². The van der Waals surface area contributed by atoms with E-state index < -0.39 is 0 Å². The summed E-state index contributed by atoms with van der Waals surface area (Å²) in [5.74, 6) is 1.65. The molecule has 0 nitrogen and oxygen atoms in total. The summed E-state index contributed by atoms with van der Waals surface area (Å²) < 4.78 is 13.0. The van der Waals surface area contributed by atoms with Crippen molar-refractivity contribution in [3.63, 3.8) is 0 Å². The fourth-order valence-corrected chi connectivity index (χ4v) is 2.95. The first-order chi connectivity index (χ1) is 6.84. The van der Waals surface area contributed by atoms with Gasteiger partial charge in [0.15, 0.2) is 0 Å². The van der Waals surface area contributed by atoms with Crippen LogP contribution in [0.1, 0.15) is 18.4 Å². The Labute approximate surface area is 87.2 Å². The van der Waals surface area contributed by atoms with Crippen molar-refractivity contribution in [3.05, 3.63) is 35.7 Å². The third-order valence-electron chi connectivity index (χ3n) is 2.81. The van der Waals surface area contributed by atoms with Crippen molar-refractivity contribution in [1.29, 1.82) is 0 Å². The minimum absolute atomic E-state index is 0.117. The molecule has 1 fully saturated rings. The van der Waals surface area contributed by atoms with E-state index in [9.17, 15) is 4.39 Å². The number of benzene rings is 1. The molecule has 0 amide bonds. The summed E-state index contributed by atoms with van der Waals surface area (Å²) >= 11 is 1.74. The van der Waals surface area contributed by atoms with Gasteiger partial charge in [-0.2, -0.15) is 0 Å². The molecule has 0 saturated heterocycles. The molecular formula is C12H11FS. The summed E-state index contributed by atoms with van der Waals surface area (Å²) in [6, 6.07) is 5.16. The van der Waals surface area contributed by atoms with E-state index in [1.54, 1.807) is 23.9 Å². The molecule has 0 unspecified atom stereocenters. The van der Waals surface area contributed by atoms with Crippen LogP contribution >= 0.6 is 11.8 Å². The SMILES string of the molecule is Fc1ccc2c(c1)SCC=C2C1CC1. The van der Waals surface area contributed by atoms with E-state index in [4.69, 9.17) is 0 Å². The zero-order chi connectivity index (χ0) is 9.54. The highest BCUT2D eigenvalue weighted by atomic mass is 32.2. The van der Waals surface area contributed by atoms with Crippen LogP contribution in [0.5, 0.6) is 0 Å². The van der Waals surface area contributed by atoms with Crippen LogP contribution in [0.25, 0.3) is 5.57 Å². The van der Waals surface area contributed by atoms with Crippen LogP contribution in [-0.4, -0.2) is 5.75 Å². The molecule has 0 spiro atoms. The number of hydrogen-bond donors (Lipinski definition) is 0. The van der Waals surface area contributed by atoms with E-state index >= 15 is 0 Å². The van der Waals surface area contributed by atoms with Gasteiger partial charge in [-0.3, -0.25) is 0 Å². The van der Waals surface area contributed by atoms with Crippen molar-refractivity contribution in [1.82, 2.24) is 0 Å². The number of allylic oxidation sites excluding steroid dienone is 1. The third-order valence-corrected chi connectivity index (χ3v) is 3.80. The first-order valence-corrected chi connectivity index (χ1v) is 5.96. The highest BCUT2D eigenvalue weighted by molar-refractivity contribution is 7.99. The van der Waals surface area contributed by atoms with Gasteiger partial charge in [-0.05, 0) is 42.0 Å². The standard InChI is InChI=1S/C12H11FS/c13-9-3-4-11-10(8-1-2-8)5-6-14-12(11)7-9/h3-5,7-8H,1-2,6H2. The Balaban J connectivity index is 2.08. The largest absolute Gasteiger partial charge is 0.207 e. The second kappa shape index (κ2) is 3.13. The molecule has 1 aromatic carbocycles. The molecule has 1 heterocycles. The average molecular weight is 206 g/mol. The van der Waals surface area contributed by atoms with Gasteiger partial charge in [0.05, 0.1) is 0 Å². The molecule has 0 aromatic heterocycles. The van der Waals surface area contributed by atoms with E-state index in [1.807, 2.05) is 6.07 Å². The van der Waals surface area contributed by atoms with Crippen molar-refractivity contribution in [2.24, 2.45) is 5.92 Å². The van der Waals surface area contributed by atoms with Gasteiger partial charge in [-0.15, -0.1) is 11.8 Å². The molecule has 0 radical (unpaired) electrons. The Kier molecular flexibility index (Phi) is 1.91. The molecule has 0 atom stereocenters. The average Bonchev–Trinajstić information content (AvgIpc) is 2.99. The Hall–Kier alpha value is -0.760. The third kappa shape index (κ3) is 1.38. The van der Waals surface area contributed by atoms with E-state index in [0.29, 0.717) is 0 Å². The van der Waals surface area contributed by atoms with Crippen LogP contribution < -0.4 is 0 Å². The Bertz CT molecular complexity index is 405. The normalized spacial score (nSPS) is 20.2. The second-order valence-corrected chi connectivity index (χ2v) is 4.95. The van der Waals surface area contributed by atoms with Crippen molar-refractivity contribution >= 4 is 17.3 Å². The van der Waals surface area contributed by atoms with Crippen LogP contribution in [-0.2, 0) is 0 Å². The first kappa shape index (κ1) is 8.54. The minimum Gasteiger partial charge on any atom is -0.207 e. The van der Waals surface area contributed by atoms with Crippen LogP contribution in [0.3, 0.4) is 0 Å². The van der Waals surface area contributed by atoms with E-state index in [1.165, 1.54) is 24.0 Å². The van der Waals surface area contributed by atoms with E-state index in [0.717, 1.165) is 16.6 Å². The van der Waals surface area contributed by atoms with Gasteiger partial charge in [0.25, 0.3) is 0 Å². The molecule has 1 saturated carbocycles. The number of halogens is 1. The maximum Gasteiger partial charge on any atom is 0.124 e. The van der Waals surface area contributed by atoms with Gasteiger partial charge in [0, 0.05) is 10.6 Å². The second-order valence-electron chi connectivity index (χ2n) is 3.89. The van der Waals surface area contributed by atoms with Crippen LogP contribution in [0, 0.1) is 11.7 Å². The zero-order valence-electron chi connectivity index (χ0n) is 7.79. The van der Waals surface area contributed by atoms with Crippen LogP contribution in [0.4, 0.5) is 4.39 Å². The smallest absolute Gasteiger partial charge is 0.124 e. The minimum atomic E-state index is -0.117. The Morgan fingerprint density at radius 3 is 2.93 bits per heavy atom. The molecule has 1 aliphatic heterocycles. The summed E-state index contributed by atoms with van der Waals surface area (Å²) in [5, 5.41) is 0. The Morgan fingerprint density at radius 1 is 1.29 bits per heavy atom. The number of hydrogen-bond acceptors (Lipinski definition) is 1. The number of fused-ring (bicyclic) bond motifs is 1. The molecule has 1 aromatic rings. The maximum atomic E-state index is 13.0. The van der Waals surface area contributed by atoms with Gasteiger partial charge in [0.1, 0.15) is 5.82 Å². The van der Waals surface area contributed by atoms with E-state index in [2.05, 4.69) is 6.08 Å². The first-order valence-electron chi connectivity index (χ1n) is 4.97. The van der Waals surface area contributed by atoms with Gasteiger partial charge in [-0.1, -0.05) is 12.1 Å². The summed E-state index contributed by atoms with van der Waals surface area (Å²) in [4.78, 5) is 1.12. The quantitative estimate of drug-likeness (QED) is 0.674. The van der Waals surface area contributed by atoms with E-state index in [-0.39, 0.29) is 5.82 Å². The van der Waals surface area contributed by atoms with Crippen molar-refractivity contribution in [2.75, 3.05) is 5.75 Å². The van der Waals surface area contributed by atoms with Crippen molar-refractivity contribution in [3.8, 4) is 0 Å². The highest BCUT2D eigenvalue weighted by Crippen LogP contribution is 2.46. The lowest BCUT2D eigenvalue weighted by Gasteiger charge is -2.16. The lowest BCUT2D eigenvalue weighted by atomic mass is 10.0. The number of thioether (sulfide) groups is 1. The molecule has 2 heteroatoms. The summed E-state index contributed by atoms with van der Waals surface area (Å²) in [5.41, 5.74) is 2.73. The molecule has 72 valence electrons. The highest BCUT2D eigenvalue weighted by Gasteiger charge is 2.29. The summed E-state index contributed by atoms with van der Waals surface area (Å²) in [7, 11) is 0. The summed E-state index contributed by atoms with van der Waals surface area (Å²) in [6.07, 6.45) is 4.93. The van der Waals surface area contributed by atoms with Crippen LogP contribution in [0.15, 0.2) is 29.2 Å². The summed E-state index contributed by atoms with van der Waals surface area (Å²) in [6.45, 7) is 0. The molecular weight excluding hydrogens is 195 g/mol. The predicted octanol–water partition coefficient (Wildman–Crippen LogP) is 3.72. The predicted molar refractivity (Wildman–Crippen MR) is 57.8 cm³/mol. The topological polar surface area (TPSA) is 0 Å². The van der Waals surface area contributed by atoms with Crippen molar-refractivity contribution < 1.29 is 4.39 Å². The maximum absolute atomic E-state index is 13.0. The molecule has 2 aliphatic rings. The lowest BCUT2D eigenvalue weighted by molar-refractivity contribution is 0.624. The van der Waals surface area contributed by atoms with Gasteiger partial charge >= 0.3 is 0 Å². The van der Waals surface area contributed by atoms with Gasteiger partial charge < -0.3 is 0 Å². The van der Waals surface area contributed by atoms with Crippen molar-refractivity contribution in [2.45, 2.75) is 17.7 Å². The Morgan fingerprint density at radius 2 is 2.14 bits per heavy atom. The zero-order valence-corrected chi connectivity index (χ0v) is 8.61. The molecule has 14 heavy (non-hydrogen) atoms. The van der Waals surface area contributed by atoms with Crippen LogP contribution in [0.2, 0.25) is 0 Å². The molecule has 0 N–H and O–H groups in total.